The van der Waals surface area contributed by atoms with Crippen molar-refractivity contribution < 1.29 is 4.79 Å². The number of nitrogens with one attached hydrogen (secondary N) is 2. The minimum atomic E-state index is 0. The third kappa shape index (κ3) is 5.41. The second-order valence-corrected chi connectivity index (χ2v) is 6.14. The van der Waals surface area contributed by atoms with E-state index in [1.165, 1.54) is 31.2 Å². The van der Waals surface area contributed by atoms with Crippen molar-refractivity contribution in [3.8, 4) is 0 Å². The molecule has 1 aromatic heterocycles. The van der Waals surface area contributed by atoms with E-state index in [0.29, 0.717) is 31.0 Å². The van der Waals surface area contributed by atoms with Crippen LogP contribution < -0.4 is 10.6 Å². The van der Waals surface area contributed by atoms with Gasteiger partial charge in [0.2, 0.25) is 5.91 Å². The Labute approximate surface area is 144 Å². The molecule has 1 amide bonds. The highest BCUT2D eigenvalue weighted by atomic mass is 35.5. The van der Waals surface area contributed by atoms with Gasteiger partial charge in [-0.2, -0.15) is 0 Å². The number of fused-ring (bicyclic) bond motifs is 2. The highest BCUT2D eigenvalue weighted by Gasteiger charge is 2.33. The average molecular weight is 346 g/mol. The molecule has 124 valence electrons. The summed E-state index contributed by atoms with van der Waals surface area (Å²) in [6.07, 6.45) is 10.1. The van der Waals surface area contributed by atoms with E-state index >= 15 is 0 Å². The van der Waals surface area contributed by atoms with Crippen LogP contribution in [-0.4, -0.2) is 29.5 Å². The molecule has 0 aliphatic carbocycles. The number of halogens is 2. The summed E-state index contributed by atoms with van der Waals surface area (Å²) in [4.78, 5) is 16.1. The predicted molar refractivity (Wildman–Crippen MR) is 92.7 cm³/mol. The zero-order chi connectivity index (χ0) is 13.8. The smallest absolute Gasteiger partial charge is 0.220 e. The van der Waals surface area contributed by atoms with Gasteiger partial charge in [-0.3, -0.25) is 9.78 Å². The van der Waals surface area contributed by atoms with Crippen LogP contribution in [-0.2, 0) is 11.2 Å². The van der Waals surface area contributed by atoms with E-state index in [4.69, 9.17) is 0 Å². The molecule has 2 bridgehead atoms. The summed E-state index contributed by atoms with van der Waals surface area (Å²) in [6, 6.07) is 5.31. The maximum Gasteiger partial charge on any atom is 0.220 e. The fourth-order valence-corrected chi connectivity index (χ4v) is 3.57. The van der Waals surface area contributed by atoms with Gasteiger partial charge in [0.1, 0.15) is 0 Å². The summed E-state index contributed by atoms with van der Waals surface area (Å²) in [7, 11) is 0. The van der Waals surface area contributed by atoms with Crippen molar-refractivity contribution in [1.82, 2.24) is 15.6 Å². The number of pyridine rings is 1. The number of hydrogen-bond donors (Lipinski definition) is 2. The molecule has 6 heteroatoms. The first kappa shape index (κ1) is 19.2. The summed E-state index contributed by atoms with van der Waals surface area (Å²) in [6.45, 7) is 0.711. The Bertz CT molecular complexity index is 446. The lowest BCUT2D eigenvalue weighted by Gasteiger charge is -2.28. The molecule has 2 aliphatic rings. The third-order valence-electron chi connectivity index (χ3n) is 4.50. The molecule has 2 fully saturated rings. The van der Waals surface area contributed by atoms with Crippen LogP contribution >= 0.6 is 24.8 Å². The fraction of sp³-hybridized carbons (Fsp3) is 0.625. The summed E-state index contributed by atoms with van der Waals surface area (Å²) in [5, 5.41) is 6.66. The number of carbonyl (C=O) groups is 1. The van der Waals surface area contributed by atoms with Gasteiger partial charge in [-0.25, -0.2) is 0 Å². The number of carbonyl (C=O) groups excluding carboxylic acids is 1. The molecule has 4 nitrogen and oxygen atoms in total. The van der Waals surface area contributed by atoms with Crippen molar-refractivity contribution >= 4 is 30.7 Å². The van der Waals surface area contributed by atoms with E-state index in [9.17, 15) is 4.79 Å². The van der Waals surface area contributed by atoms with Crippen LogP contribution in [0.5, 0.6) is 0 Å². The van der Waals surface area contributed by atoms with Gasteiger partial charge in [0.25, 0.3) is 0 Å². The van der Waals surface area contributed by atoms with E-state index in [0.717, 1.165) is 6.42 Å². The maximum atomic E-state index is 12.0. The second kappa shape index (κ2) is 9.33. The molecule has 3 heterocycles. The molecule has 0 spiro atoms. The first-order valence-electron chi connectivity index (χ1n) is 7.71. The normalized spacial score (nSPS) is 25.7. The molecule has 0 saturated carbocycles. The number of rotatable bonds is 5. The zero-order valence-electron chi connectivity index (χ0n) is 12.7. The molecule has 0 aromatic carbocycles. The molecule has 2 saturated heterocycles. The Balaban J connectivity index is 0.00000121. The molecular weight excluding hydrogens is 321 g/mol. The summed E-state index contributed by atoms with van der Waals surface area (Å²) in [5.74, 6) is 0.785. The first-order chi connectivity index (χ1) is 9.79. The SMILES string of the molecule is Cl.Cl.O=C(CC1CC2CCC(C1)N2)NCCc1cccnc1. The van der Waals surface area contributed by atoms with Crippen LogP contribution in [0.25, 0.3) is 0 Å². The topological polar surface area (TPSA) is 54.0 Å². The van der Waals surface area contributed by atoms with E-state index in [2.05, 4.69) is 15.6 Å². The van der Waals surface area contributed by atoms with Crippen LogP contribution in [0.1, 0.15) is 37.7 Å². The molecule has 0 radical (unpaired) electrons. The summed E-state index contributed by atoms with van der Waals surface area (Å²) >= 11 is 0. The van der Waals surface area contributed by atoms with Gasteiger partial charge >= 0.3 is 0 Å². The van der Waals surface area contributed by atoms with Crippen LogP contribution in [0.3, 0.4) is 0 Å². The predicted octanol–water partition coefficient (Wildman–Crippen LogP) is 2.50. The monoisotopic (exact) mass is 345 g/mol. The Morgan fingerprint density at radius 3 is 2.64 bits per heavy atom. The van der Waals surface area contributed by atoms with Crippen LogP contribution in [0.4, 0.5) is 0 Å². The molecule has 3 rings (SSSR count). The second-order valence-electron chi connectivity index (χ2n) is 6.14. The van der Waals surface area contributed by atoms with Crippen molar-refractivity contribution in [1.29, 1.82) is 0 Å². The van der Waals surface area contributed by atoms with E-state index < -0.39 is 0 Å². The summed E-state index contributed by atoms with van der Waals surface area (Å²) < 4.78 is 0. The number of nitrogens with zero attached hydrogens (tertiary/aromatic N) is 1. The Morgan fingerprint density at radius 1 is 1.27 bits per heavy atom. The molecule has 2 unspecified atom stereocenters. The highest BCUT2D eigenvalue weighted by molar-refractivity contribution is 5.85. The lowest BCUT2D eigenvalue weighted by Crippen LogP contribution is -2.39. The van der Waals surface area contributed by atoms with Gasteiger partial charge in [0, 0.05) is 37.4 Å². The van der Waals surface area contributed by atoms with Crippen LogP contribution in [0.2, 0.25) is 0 Å². The molecule has 1 aromatic rings. The quantitative estimate of drug-likeness (QED) is 0.861. The van der Waals surface area contributed by atoms with Crippen molar-refractivity contribution in [2.45, 2.75) is 50.6 Å². The van der Waals surface area contributed by atoms with E-state index in [1.807, 2.05) is 18.3 Å². The van der Waals surface area contributed by atoms with Gasteiger partial charge in [0.15, 0.2) is 0 Å². The average Bonchev–Trinajstić information content (AvgIpc) is 2.79. The number of aromatic nitrogens is 1. The first-order valence-corrected chi connectivity index (χ1v) is 7.71. The lowest BCUT2D eigenvalue weighted by atomic mass is 9.89. The molecule has 22 heavy (non-hydrogen) atoms. The number of amides is 1. The van der Waals surface area contributed by atoms with Crippen molar-refractivity contribution in [2.24, 2.45) is 5.92 Å². The maximum absolute atomic E-state index is 12.0. The molecule has 2 atom stereocenters. The summed E-state index contributed by atoms with van der Waals surface area (Å²) in [5.41, 5.74) is 1.17. The standard InChI is InChI=1S/C16H23N3O.2ClH/c20-16(18-7-5-12-2-1-6-17-11-12)10-13-8-14-3-4-15(9-13)19-14;;/h1-2,6,11,13-15,19H,3-5,7-10H2,(H,18,20);2*1H. The van der Waals surface area contributed by atoms with Gasteiger partial charge in [-0.15, -0.1) is 24.8 Å². The minimum Gasteiger partial charge on any atom is -0.356 e. The van der Waals surface area contributed by atoms with Crippen molar-refractivity contribution in [2.75, 3.05) is 6.54 Å². The highest BCUT2D eigenvalue weighted by Crippen LogP contribution is 2.32. The molecular formula is C16H25Cl2N3O. The number of hydrogen-bond acceptors (Lipinski definition) is 3. The van der Waals surface area contributed by atoms with E-state index in [1.54, 1.807) is 6.20 Å². The Kier molecular flexibility index (Phi) is 8.15. The largest absolute Gasteiger partial charge is 0.356 e. The van der Waals surface area contributed by atoms with Gasteiger partial charge < -0.3 is 10.6 Å². The van der Waals surface area contributed by atoms with Crippen molar-refractivity contribution in [3.05, 3.63) is 30.1 Å². The van der Waals surface area contributed by atoms with Gasteiger partial charge in [-0.05, 0) is 49.7 Å². The van der Waals surface area contributed by atoms with Crippen molar-refractivity contribution in [3.63, 3.8) is 0 Å². The molecule has 2 aliphatic heterocycles. The number of piperidine rings is 1. The zero-order valence-corrected chi connectivity index (χ0v) is 14.3. The fourth-order valence-electron chi connectivity index (χ4n) is 3.57. The van der Waals surface area contributed by atoms with Crippen LogP contribution in [0.15, 0.2) is 24.5 Å². The van der Waals surface area contributed by atoms with Gasteiger partial charge in [-0.1, -0.05) is 6.07 Å². The van der Waals surface area contributed by atoms with Gasteiger partial charge in [0.05, 0.1) is 0 Å². The Hall–Kier alpha value is -0.840. The lowest BCUT2D eigenvalue weighted by molar-refractivity contribution is -0.122. The van der Waals surface area contributed by atoms with E-state index in [-0.39, 0.29) is 30.7 Å². The molecule has 2 N–H and O–H groups in total. The Morgan fingerprint density at radius 2 is 2.00 bits per heavy atom. The van der Waals surface area contributed by atoms with Crippen LogP contribution in [0, 0.1) is 5.92 Å². The minimum absolute atomic E-state index is 0. The third-order valence-corrected chi connectivity index (χ3v) is 4.50.